The smallest absolute Gasteiger partial charge is 0.254 e. The highest BCUT2D eigenvalue weighted by molar-refractivity contribution is 7.91. The predicted octanol–water partition coefficient (Wildman–Crippen LogP) is 1.74. The molecule has 140 valence electrons. The zero-order chi connectivity index (χ0) is 17.2. The summed E-state index contributed by atoms with van der Waals surface area (Å²) >= 11 is 0. The second-order valence-electron chi connectivity index (χ2n) is 6.41. The molecule has 1 unspecified atom stereocenters. The van der Waals surface area contributed by atoms with Gasteiger partial charge in [0, 0.05) is 37.5 Å². The zero-order valence-corrected chi connectivity index (χ0v) is 16.0. The van der Waals surface area contributed by atoms with E-state index < -0.39 is 9.84 Å². The number of nitrogens with zero attached hydrogens (tertiary/aromatic N) is 1. The highest BCUT2D eigenvalue weighted by Gasteiger charge is 2.35. The van der Waals surface area contributed by atoms with Gasteiger partial charge in [0.05, 0.1) is 18.1 Å². The minimum Gasteiger partial charge on any atom is -0.385 e. The SMILES string of the molecule is COCCN(C(=O)c1cccc2c1CCCN2)C1CCS(=O)(=O)C1.Cl. The molecular formula is C17H25ClN2O4S. The number of halogens is 1. The van der Waals surface area contributed by atoms with Crippen LogP contribution in [0.5, 0.6) is 0 Å². The molecule has 1 aromatic rings. The number of nitrogens with one attached hydrogen (secondary N) is 1. The number of carbonyl (C=O) groups is 1. The summed E-state index contributed by atoms with van der Waals surface area (Å²) in [5.41, 5.74) is 2.73. The van der Waals surface area contributed by atoms with Gasteiger partial charge < -0.3 is 15.0 Å². The summed E-state index contributed by atoms with van der Waals surface area (Å²) in [5.74, 6) is 0.119. The number of anilines is 1. The highest BCUT2D eigenvalue weighted by Crippen LogP contribution is 2.28. The topological polar surface area (TPSA) is 75.7 Å². The Bertz CT molecular complexity index is 723. The van der Waals surface area contributed by atoms with Gasteiger partial charge in [0.2, 0.25) is 0 Å². The Labute approximate surface area is 155 Å². The number of methoxy groups -OCH3 is 1. The molecule has 0 bridgehead atoms. The third-order valence-electron chi connectivity index (χ3n) is 4.77. The van der Waals surface area contributed by atoms with E-state index in [4.69, 9.17) is 4.74 Å². The first-order chi connectivity index (χ1) is 11.5. The average Bonchev–Trinajstić information content (AvgIpc) is 2.94. The lowest BCUT2D eigenvalue weighted by atomic mass is 9.96. The van der Waals surface area contributed by atoms with Crippen LogP contribution in [0.3, 0.4) is 0 Å². The molecule has 2 aliphatic rings. The number of ether oxygens (including phenoxy) is 1. The van der Waals surface area contributed by atoms with Crippen LogP contribution in [0.25, 0.3) is 0 Å². The standard InChI is InChI=1S/C17H24N2O4S.ClH/c1-23-10-9-19(13-7-11-24(21,22)12-13)17(20)15-4-2-6-16-14(15)5-3-8-18-16;/h2,4,6,13,18H,3,5,7-12H2,1H3;1H. The van der Waals surface area contributed by atoms with Gasteiger partial charge in [-0.15, -0.1) is 12.4 Å². The van der Waals surface area contributed by atoms with Gasteiger partial charge in [-0.1, -0.05) is 6.07 Å². The molecule has 1 aromatic carbocycles. The van der Waals surface area contributed by atoms with Crippen molar-refractivity contribution >= 4 is 33.8 Å². The lowest BCUT2D eigenvalue weighted by Crippen LogP contribution is -2.43. The number of rotatable bonds is 5. The number of fused-ring (bicyclic) bond motifs is 1. The molecule has 25 heavy (non-hydrogen) atoms. The second kappa shape index (κ2) is 8.38. The summed E-state index contributed by atoms with van der Waals surface area (Å²) < 4.78 is 28.8. The highest BCUT2D eigenvalue weighted by atomic mass is 35.5. The molecule has 1 atom stereocenters. The van der Waals surface area contributed by atoms with Crippen molar-refractivity contribution in [3.05, 3.63) is 29.3 Å². The number of benzene rings is 1. The maximum absolute atomic E-state index is 13.2. The number of carbonyl (C=O) groups excluding carboxylic acids is 1. The van der Waals surface area contributed by atoms with Crippen molar-refractivity contribution in [2.45, 2.75) is 25.3 Å². The zero-order valence-electron chi connectivity index (χ0n) is 14.4. The van der Waals surface area contributed by atoms with Crippen molar-refractivity contribution in [2.24, 2.45) is 0 Å². The fourth-order valence-corrected chi connectivity index (χ4v) is 5.26. The van der Waals surface area contributed by atoms with Gasteiger partial charge in [-0.2, -0.15) is 0 Å². The van der Waals surface area contributed by atoms with E-state index >= 15 is 0 Å². The van der Waals surface area contributed by atoms with Gasteiger partial charge in [-0.25, -0.2) is 8.42 Å². The van der Waals surface area contributed by atoms with Crippen molar-refractivity contribution < 1.29 is 17.9 Å². The molecule has 1 fully saturated rings. The van der Waals surface area contributed by atoms with Crippen LogP contribution in [0, 0.1) is 0 Å². The fourth-order valence-electron chi connectivity index (χ4n) is 3.53. The predicted molar refractivity (Wildman–Crippen MR) is 100 cm³/mol. The largest absolute Gasteiger partial charge is 0.385 e. The minimum atomic E-state index is -3.05. The van der Waals surface area contributed by atoms with E-state index in [1.807, 2.05) is 18.2 Å². The van der Waals surface area contributed by atoms with Crippen LogP contribution in [0.4, 0.5) is 5.69 Å². The summed E-state index contributed by atoms with van der Waals surface area (Å²) in [6.07, 6.45) is 2.36. The third-order valence-corrected chi connectivity index (χ3v) is 6.52. The Morgan fingerprint density at radius 3 is 2.88 bits per heavy atom. The van der Waals surface area contributed by atoms with Crippen LogP contribution in [0.2, 0.25) is 0 Å². The Hall–Kier alpha value is -1.31. The first-order valence-corrected chi connectivity index (χ1v) is 10.2. The molecule has 6 nitrogen and oxygen atoms in total. The molecule has 2 heterocycles. The molecule has 0 radical (unpaired) electrons. The van der Waals surface area contributed by atoms with Gasteiger partial charge in [0.1, 0.15) is 0 Å². The Balaban J connectivity index is 0.00000225. The van der Waals surface area contributed by atoms with Crippen molar-refractivity contribution in [1.29, 1.82) is 0 Å². The number of sulfone groups is 1. The first-order valence-electron chi connectivity index (χ1n) is 8.38. The molecular weight excluding hydrogens is 364 g/mol. The van der Waals surface area contributed by atoms with E-state index in [9.17, 15) is 13.2 Å². The van der Waals surface area contributed by atoms with Gasteiger partial charge in [-0.3, -0.25) is 4.79 Å². The molecule has 2 aliphatic heterocycles. The fraction of sp³-hybridized carbons (Fsp3) is 0.588. The van der Waals surface area contributed by atoms with Crippen molar-refractivity contribution in [3.63, 3.8) is 0 Å². The number of amides is 1. The molecule has 0 spiro atoms. The van der Waals surface area contributed by atoms with Crippen LogP contribution in [0.15, 0.2) is 18.2 Å². The van der Waals surface area contributed by atoms with E-state index in [1.165, 1.54) is 0 Å². The summed E-state index contributed by atoms with van der Waals surface area (Å²) in [7, 11) is -1.46. The monoisotopic (exact) mass is 388 g/mol. The maximum atomic E-state index is 13.2. The Morgan fingerprint density at radius 1 is 1.40 bits per heavy atom. The van der Waals surface area contributed by atoms with Crippen LogP contribution in [0.1, 0.15) is 28.8 Å². The summed E-state index contributed by atoms with van der Waals surface area (Å²) in [6, 6.07) is 5.46. The summed E-state index contributed by atoms with van der Waals surface area (Å²) in [6.45, 7) is 1.72. The van der Waals surface area contributed by atoms with Crippen molar-refractivity contribution in [3.8, 4) is 0 Å². The maximum Gasteiger partial charge on any atom is 0.254 e. The average molecular weight is 389 g/mol. The van der Waals surface area contributed by atoms with Crippen molar-refractivity contribution in [2.75, 3.05) is 43.6 Å². The lowest BCUT2D eigenvalue weighted by Gasteiger charge is -2.30. The van der Waals surface area contributed by atoms with Crippen LogP contribution in [-0.4, -0.2) is 63.6 Å². The molecule has 3 rings (SSSR count). The first kappa shape index (κ1) is 20.0. The normalized spacial score (nSPS) is 20.9. The van der Waals surface area contributed by atoms with E-state index in [1.54, 1.807) is 12.0 Å². The molecule has 1 saturated heterocycles. The van der Waals surface area contributed by atoms with Crippen LogP contribution in [-0.2, 0) is 21.0 Å². The van der Waals surface area contributed by atoms with Gasteiger partial charge >= 0.3 is 0 Å². The lowest BCUT2D eigenvalue weighted by molar-refractivity contribution is 0.0623. The Kier molecular flexibility index (Phi) is 6.71. The molecule has 8 heteroatoms. The second-order valence-corrected chi connectivity index (χ2v) is 8.64. The van der Waals surface area contributed by atoms with E-state index in [0.29, 0.717) is 25.1 Å². The quantitative estimate of drug-likeness (QED) is 0.831. The summed E-state index contributed by atoms with van der Waals surface area (Å²) in [5, 5.41) is 3.33. The van der Waals surface area contributed by atoms with Gasteiger partial charge in [-0.05, 0) is 37.0 Å². The molecule has 0 aromatic heterocycles. The van der Waals surface area contributed by atoms with Gasteiger partial charge in [0.25, 0.3) is 5.91 Å². The van der Waals surface area contributed by atoms with Crippen LogP contribution >= 0.6 is 12.4 Å². The van der Waals surface area contributed by atoms with Gasteiger partial charge in [0.15, 0.2) is 9.84 Å². The van der Waals surface area contributed by atoms with E-state index in [-0.39, 0.29) is 35.9 Å². The third kappa shape index (κ3) is 4.46. The summed E-state index contributed by atoms with van der Waals surface area (Å²) in [4.78, 5) is 14.9. The minimum absolute atomic E-state index is 0. The van der Waals surface area contributed by atoms with E-state index in [2.05, 4.69) is 5.32 Å². The van der Waals surface area contributed by atoms with Crippen LogP contribution < -0.4 is 5.32 Å². The van der Waals surface area contributed by atoms with Crippen molar-refractivity contribution in [1.82, 2.24) is 4.90 Å². The molecule has 0 saturated carbocycles. The Morgan fingerprint density at radius 2 is 2.20 bits per heavy atom. The molecule has 0 aliphatic carbocycles. The van der Waals surface area contributed by atoms with E-state index in [0.717, 1.165) is 30.6 Å². The molecule has 1 amide bonds. The number of hydrogen-bond acceptors (Lipinski definition) is 5. The molecule has 1 N–H and O–H groups in total. The number of hydrogen-bond donors (Lipinski definition) is 1.